The van der Waals surface area contributed by atoms with Crippen molar-refractivity contribution in [1.29, 1.82) is 0 Å². The van der Waals surface area contributed by atoms with Crippen LogP contribution in [-0.4, -0.2) is 49.9 Å². The van der Waals surface area contributed by atoms with Crippen LogP contribution in [0.15, 0.2) is 29.2 Å². The predicted molar refractivity (Wildman–Crippen MR) is 105 cm³/mol. The van der Waals surface area contributed by atoms with Gasteiger partial charge in [0.05, 0.1) is 17.9 Å². The van der Waals surface area contributed by atoms with E-state index in [1.807, 2.05) is 0 Å². The molecule has 0 aliphatic carbocycles. The van der Waals surface area contributed by atoms with Crippen LogP contribution < -0.4 is 4.74 Å². The van der Waals surface area contributed by atoms with Crippen LogP contribution in [0, 0.1) is 5.92 Å². The Bertz CT molecular complexity index is 805. The highest BCUT2D eigenvalue weighted by molar-refractivity contribution is 8.26. The number of amides is 1. The van der Waals surface area contributed by atoms with Crippen LogP contribution >= 0.6 is 24.0 Å². The van der Waals surface area contributed by atoms with E-state index in [0.717, 1.165) is 16.7 Å². The van der Waals surface area contributed by atoms with Crippen LogP contribution in [0.4, 0.5) is 0 Å². The highest BCUT2D eigenvalue weighted by Crippen LogP contribution is 2.35. The van der Waals surface area contributed by atoms with Crippen molar-refractivity contribution in [3.05, 3.63) is 34.7 Å². The number of nitrogens with zero attached hydrogens (tertiary/aromatic N) is 1. The molecular formula is C18H19NO6S2. The summed E-state index contributed by atoms with van der Waals surface area (Å²) in [6, 6.07) is 5.81. The molecule has 1 atom stereocenters. The number of carboxylic acid groups (broad SMARTS) is 2. The van der Waals surface area contributed by atoms with Gasteiger partial charge in [-0.25, -0.2) is 4.79 Å². The topological polar surface area (TPSA) is 104 Å². The summed E-state index contributed by atoms with van der Waals surface area (Å²) in [5.41, 5.74) is 0.666. The Morgan fingerprint density at radius 3 is 2.63 bits per heavy atom. The maximum Gasteiger partial charge on any atom is 0.327 e. The van der Waals surface area contributed by atoms with Crippen LogP contribution in [0.2, 0.25) is 0 Å². The third kappa shape index (κ3) is 5.30. The molecule has 1 aliphatic heterocycles. The molecule has 0 spiro atoms. The summed E-state index contributed by atoms with van der Waals surface area (Å²) >= 11 is 6.27. The van der Waals surface area contributed by atoms with Gasteiger partial charge in [0.25, 0.3) is 5.91 Å². The molecule has 0 aromatic heterocycles. The third-order valence-corrected chi connectivity index (χ3v) is 5.06. The van der Waals surface area contributed by atoms with Crippen molar-refractivity contribution in [2.24, 2.45) is 5.92 Å². The normalized spacial score (nSPS) is 16.9. The van der Waals surface area contributed by atoms with Gasteiger partial charge in [-0.2, -0.15) is 0 Å². The lowest BCUT2D eigenvalue weighted by atomic mass is 10.0. The second kappa shape index (κ2) is 9.01. The lowest BCUT2D eigenvalue weighted by Crippen LogP contribution is -2.47. The first-order valence-corrected chi connectivity index (χ1v) is 9.37. The lowest BCUT2D eigenvalue weighted by Gasteiger charge is -2.26. The van der Waals surface area contributed by atoms with E-state index in [4.69, 9.17) is 22.1 Å². The number of thioether (sulfide) groups is 1. The summed E-state index contributed by atoms with van der Waals surface area (Å²) in [6.07, 6.45) is 1.50. The summed E-state index contributed by atoms with van der Waals surface area (Å²) in [4.78, 5) is 36.2. The standard InChI is InChI=1S/C18H19NO6S2/c1-10(2)15(17(23)24)19-16(22)13(27-18(19)26)9-11-4-3-5-12(8-11)25-7-6-14(20)21/h3-5,8-10,15H,6-7H2,1-2H3,(H,20,21)(H,23,24)/b13-9-. The number of benzene rings is 1. The maximum atomic E-state index is 12.7. The van der Waals surface area contributed by atoms with E-state index in [-0.39, 0.29) is 23.3 Å². The van der Waals surface area contributed by atoms with Gasteiger partial charge >= 0.3 is 11.9 Å². The molecule has 1 aliphatic rings. The molecule has 1 aromatic rings. The molecule has 7 nitrogen and oxygen atoms in total. The summed E-state index contributed by atoms with van der Waals surface area (Å²) in [6.45, 7) is 3.48. The van der Waals surface area contributed by atoms with Gasteiger partial charge in [0.1, 0.15) is 16.1 Å². The first-order valence-electron chi connectivity index (χ1n) is 8.15. The third-order valence-electron chi connectivity index (χ3n) is 3.73. The molecule has 1 amide bonds. The summed E-state index contributed by atoms with van der Waals surface area (Å²) < 4.78 is 5.59. The van der Waals surface area contributed by atoms with Gasteiger partial charge in [-0.1, -0.05) is 50.0 Å². The van der Waals surface area contributed by atoms with E-state index in [2.05, 4.69) is 0 Å². The first kappa shape index (κ1) is 20.9. The van der Waals surface area contributed by atoms with E-state index >= 15 is 0 Å². The molecule has 9 heteroatoms. The number of aliphatic carboxylic acids is 2. The van der Waals surface area contributed by atoms with E-state index in [0.29, 0.717) is 16.2 Å². The zero-order valence-electron chi connectivity index (χ0n) is 14.7. The van der Waals surface area contributed by atoms with Crippen molar-refractivity contribution in [2.45, 2.75) is 26.3 Å². The molecule has 1 fully saturated rings. The number of carbonyl (C=O) groups is 3. The summed E-state index contributed by atoms with van der Waals surface area (Å²) in [5.74, 6) is -2.31. The van der Waals surface area contributed by atoms with Gasteiger partial charge in [-0.05, 0) is 29.7 Å². The van der Waals surface area contributed by atoms with Crippen molar-refractivity contribution >= 4 is 52.2 Å². The minimum absolute atomic E-state index is 0.0373. The predicted octanol–water partition coefficient (Wildman–Crippen LogP) is 2.85. The molecule has 1 unspecified atom stereocenters. The Morgan fingerprint density at radius 2 is 2.04 bits per heavy atom. The number of carbonyl (C=O) groups excluding carboxylic acids is 1. The second-order valence-corrected chi connectivity index (χ2v) is 7.82. The lowest BCUT2D eigenvalue weighted by molar-refractivity contribution is -0.146. The number of rotatable bonds is 8. The molecule has 27 heavy (non-hydrogen) atoms. The van der Waals surface area contributed by atoms with Crippen molar-refractivity contribution in [2.75, 3.05) is 6.61 Å². The van der Waals surface area contributed by atoms with Crippen LogP contribution in [0.25, 0.3) is 6.08 Å². The Hall–Kier alpha value is -2.39. The van der Waals surface area contributed by atoms with Crippen molar-refractivity contribution in [3.8, 4) is 5.75 Å². The second-order valence-electron chi connectivity index (χ2n) is 6.14. The largest absolute Gasteiger partial charge is 0.493 e. The van der Waals surface area contributed by atoms with Crippen LogP contribution in [0.1, 0.15) is 25.8 Å². The zero-order valence-corrected chi connectivity index (χ0v) is 16.4. The monoisotopic (exact) mass is 409 g/mol. The molecule has 1 saturated heterocycles. The van der Waals surface area contributed by atoms with Crippen molar-refractivity contribution in [3.63, 3.8) is 0 Å². The van der Waals surface area contributed by atoms with Gasteiger partial charge in [-0.3, -0.25) is 14.5 Å². The number of carboxylic acids is 2. The molecular weight excluding hydrogens is 390 g/mol. The number of ether oxygens (including phenoxy) is 1. The fraction of sp³-hybridized carbons (Fsp3) is 0.333. The first-order chi connectivity index (χ1) is 12.7. The number of hydrogen-bond donors (Lipinski definition) is 2. The van der Waals surface area contributed by atoms with Crippen LogP contribution in [0.5, 0.6) is 5.75 Å². The molecule has 0 radical (unpaired) electrons. The Labute approximate surface area is 166 Å². The summed E-state index contributed by atoms with van der Waals surface area (Å²) in [5, 5.41) is 18.1. The van der Waals surface area contributed by atoms with Gasteiger partial charge in [0.2, 0.25) is 0 Å². The van der Waals surface area contributed by atoms with Gasteiger partial charge in [0.15, 0.2) is 0 Å². The summed E-state index contributed by atoms with van der Waals surface area (Å²) in [7, 11) is 0. The average Bonchev–Trinajstić information content (AvgIpc) is 2.82. The minimum Gasteiger partial charge on any atom is -0.493 e. The Balaban J connectivity index is 2.20. The molecule has 1 aromatic carbocycles. The van der Waals surface area contributed by atoms with Crippen molar-refractivity contribution < 1.29 is 29.3 Å². The minimum atomic E-state index is -1.10. The Kier molecular flexibility index (Phi) is 6.98. The fourth-order valence-electron chi connectivity index (χ4n) is 2.52. The quantitative estimate of drug-likeness (QED) is 0.499. The van der Waals surface area contributed by atoms with E-state index < -0.39 is 23.9 Å². The average molecular weight is 409 g/mol. The van der Waals surface area contributed by atoms with Gasteiger partial charge < -0.3 is 14.9 Å². The maximum absolute atomic E-state index is 12.7. The van der Waals surface area contributed by atoms with Crippen LogP contribution in [-0.2, 0) is 14.4 Å². The van der Waals surface area contributed by atoms with E-state index in [1.165, 1.54) is 0 Å². The number of thiocarbonyl (C=S) groups is 1. The highest BCUT2D eigenvalue weighted by Gasteiger charge is 2.41. The van der Waals surface area contributed by atoms with E-state index in [9.17, 15) is 19.5 Å². The fourth-order valence-corrected chi connectivity index (χ4v) is 3.84. The number of hydrogen-bond acceptors (Lipinski definition) is 6. The van der Waals surface area contributed by atoms with E-state index in [1.54, 1.807) is 44.2 Å². The van der Waals surface area contributed by atoms with Gasteiger partial charge in [-0.15, -0.1) is 0 Å². The zero-order chi connectivity index (χ0) is 20.1. The molecule has 1 heterocycles. The smallest absolute Gasteiger partial charge is 0.327 e. The molecule has 2 rings (SSSR count). The van der Waals surface area contributed by atoms with Crippen LogP contribution in [0.3, 0.4) is 0 Å². The molecule has 2 N–H and O–H groups in total. The van der Waals surface area contributed by atoms with Gasteiger partial charge in [0, 0.05) is 0 Å². The molecule has 0 bridgehead atoms. The SMILES string of the molecule is CC(C)C(C(=O)O)N1C(=O)/C(=C/c2cccc(OCCC(=O)O)c2)SC1=S. The Morgan fingerprint density at radius 1 is 1.33 bits per heavy atom. The highest BCUT2D eigenvalue weighted by atomic mass is 32.2. The molecule has 0 saturated carbocycles. The molecule has 144 valence electrons. The van der Waals surface area contributed by atoms with Crippen molar-refractivity contribution in [1.82, 2.24) is 4.90 Å².